The van der Waals surface area contributed by atoms with E-state index >= 15 is 0 Å². The summed E-state index contributed by atoms with van der Waals surface area (Å²) in [6.07, 6.45) is 22.6. The Balaban J connectivity index is 1.95. The van der Waals surface area contributed by atoms with Crippen molar-refractivity contribution in [1.29, 1.82) is 0 Å². The van der Waals surface area contributed by atoms with Crippen molar-refractivity contribution in [3.05, 3.63) is 106 Å². The van der Waals surface area contributed by atoms with Crippen LogP contribution < -0.4 is 0 Å². The molecule has 4 heteroatoms. The molecular weight excluding hydrogens is 544 g/mol. The Morgan fingerprint density at radius 1 is 0.795 bits per heavy atom. The number of rotatable bonds is 9. The summed E-state index contributed by atoms with van der Waals surface area (Å²) in [5, 5.41) is 30.7. The third-order valence-electron chi connectivity index (χ3n) is 9.12. The minimum absolute atomic E-state index is 0.0493. The second-order valence-corrected chi connectivity index (χ2v) is 14.1. The van der Waals surface area contributed by atoms with Gasteiger partial charge < -0.3 is 15.3 Å². The smallest absolute Gasteiger partial charge is 0.165 e. The maximum atomic E-state index is 13.0. The van der Waals surface area contributed by atoms with E-state index in [0.717, 1.165) is 28.7 Å². The van der Waals surface area contributed by atoms with Crippen LogP contribution in [0.5, 0.6) is 0 Å². The molecule has 0 spiro atoms. The lowest BCUT2D eigenvalue weighted by Crippen LogP contribution is -2.36. The van der Waals surface area contributed by atoms with E-state index in [0.29, 0.717) is 24.8 Å². The summed E-state index contributed by atoms with van der Waals surface area (Å²) < 4.78 is 0. The van der Waals surface area contributed by atoms with Crippen molar-refractivity contribution in [2.24, 2.45) is 16.2 Å². The van der Waals surface area contributed by atoms with Crippen molar-refractivity contribution in [3.63, 3.8) is 0 Å². The minimum Gasteiger partial charge on any atom is -0.508 e. The molecule has 0 heterocycles. The molecule has 238 valence electrons. The normalized spacial score (nSPS) is 27.0. The first-order valence-corrected chi connectivity index (χ1v) is 15.6. The molecule has 0 aliphatic heterocycles. The van der Waals surface area contributed by atoms with Gasteiger partial charge in [0.05, 0.1) is 12.2 Å². The van der Waals surface area contributed by atoms with Gasteiger partial charge in [-0.1, -0.05) is 124 Å². The number of hydrogen-bond donors (Lipinski definition) is 3. The molecule has 0 aromatic heterocycles. The lowest BCUT2D eigenvalue weighted by molar-refractivity contribution is -0.127. The van der Waals surface area contributed by atoms with Crippen molar-refractivity contribution in [3.8, 4) is 11.8 Å². The summed E-state index contributed by atoms with van der Waals surface area (Å²) in [6, 6.07) is 0. The van der Waals surface area contributed by atoms with Crippen molar-refractivity contribution in [2.45, 2.75) is 107 Å². The van der Waals surface area contributed by atoms with Gasteiger partial charge in [-0.3, -0.25) is 4.79 Å². The van der Waals surface area contributed by atoms with Crippen LogP contribution in [0.25, 0.3) is 0 Å². The molecule has 0 aromatic carbocycles. The van der Waals surface area contributed by atoms with Gasteiger partial charge in [0.25, 0.3) is 0 Å². The predicted octanol–water partition coefficient (Wildman–Crippen LogP) is 9.14. The average Bonchev–Trinajstić information content (AvgIpc) is 3.11. The predicted molar refractivity (Wildman–Crippen MR) is 185 cm³/mol. The van der Waals surface area contributed by atoms with Gasteiger partial charge in [0.2, 0.25) is 0 Å². The van der Waals surface area contributed by atoms with Crippen molar-refractivity contribution in [1.82, 2.24) is 0 Å². The highest BCUT2D eigenvalue weighted by molar-refractivity contribution is 5.96. The van der Waals surface area contributed by atoms with E-state index in [1.165, 1.54) is 11.6 Å². The van der Waals surface area contributed by atoms with E-state index in [-0.39, 0.29) is 28.5 Å². The van der Waals surface area contributed by atoms with Crippen molar-refractivity contribution < 1.29 is 20.1 Å². The Morgan fingerprint density at radius 2 is 1.36 bits per heavy atom. The number of allylic oxidation sites excluding steroid dienone is 16. The highest BCUT2D eigenvalue weighted by Gasteiger charge is 2.53. The van der Waals surface area contributed by atoms with Gasteiger partial charge in [0.1, 0.15) is 5.76 Å². The summed E-state index contributed by atoms with van der Waals surface area (Å²) in [7, 11) is 0. The Kier molecular flexibility index (Phi) is 13.0. The van der Waals surface area contributed by atoms with Crippen LogP contribution >= 0.6 is 0 Å². The van der Waals surface area contributed by atoms with Crippen molar-refractivity contribution in [2.75, 3.05) is 0 Å². The van der Waals surface area contributed by atoms with E-state index in [1.807, 2.05) is 96.2 Å². The first-order valence-electron chi connectivity index (χ1n) is 15.6. The number of ketones is 1. The summed E-state index contributed by atoms with van der Waals surface area (Å²) in [6.45, 7) is 20.1. The van der Waals surface area contributed by atoms with Crippen LogP contribution in [0.1, 0.15) is 94.9 Å². The number of aliphatic hydroxyl groups is 3. The fraction of sp³-hybridized carbons (Fsp3) is 0.475. The highest BCUT2D eigenvalue weighted by Crippen LogP contribution is 2.53. The number of aliphatic hydroxyl groups excluding tert-OH is 3. The Bertz CT molecular complexity index is 1420. The molecule has 4 nitrogen and oxygen atoms in total. The number of carbonyl (C=O) groups is 1. The summed E-state index contributed by atoms with van der Waals surface area (Å²) in [4.78, 5) is 13.0. The molecule has 1 saturated carbocycles. The van der Waals surface area contributed by atoms with E-state index in [2.05, 4.69) is 32.6 Å². The minimum atomic E-state index is -0.703. The molecule has 1 fully saturated rings. The van der Waals surface area contributed by atoms with Crippen LogP contribution in [-0.2, 0) is 4.79 Å². The zero-order chi connectivity index (χ0) is 33.3. The Morgan fingerprint density at radius 3 is 1.89 bits per heavy atom. The highest BCUT2D eigenvalue weighted by atomic mass is 16.3. The lowest BCUT2D eigenvalue weighted by atomic mass is 9.66. The van der Waals surface area contributed by atoms with Gasteiger partial charge in [-0.2, -0.15) is 0 Å². The van der Waals surface area contributed by atoms with Gasteiger partial charge in [-0.25, -0.2) is 0 Å². The van der Waals surface area contributed by atoms with E-state index in [1.54, 1.807) is 13.0 Å². The maximum absolute atomic E-state index is 13.0. The summed E-state index contributed by atoms with van der Waals surface area (Å²) in [5.41, 5.74) is 4.93. The lowest BCUT2D eigenvalue weighted by Gasteiger charge is -2.35. The molecule has 0 saturated heterocycles. The Labute approximate surface area is 266 Å². The molecule has 3 N–H and O–H groups in total. The fourth-order valence-electron chi connectivity index (χ4n) is 6.04. The average molecular weight is 599 g/mol. The van der Waals surface area contributed by atoms with Crippen LogP contribution in [-0.4, -0.2) is 33.3 Å². The fourth-order valence-corrected chi connectivity index (χ4v) is 6.04. The third-order valence-corrected chi connectivity index (χ3v) is 9.12. The van der Waals surface area contributed by atoms with Crippen LogP contribution in [0.2, 0.25) is 0 Å². The van der Waals surface area contributed by atoms with Crippen molar-refractivity contribution >= 4 is 5.78 Å². The van der Waals surface area contributed by atoms with E-state index in [4.69, 9.17) is 0 Å². The quantitative estimate of drug-likeness (QED) is 0.107. The molecule has 2 rings (SSSR count). The zero-order valence-electron chi connectivity index (χ0n) is 28.6. The molecule has 2 aliphatic rings. The second kappa shape index (κ2) is 15.6. The zero-order valence-corrected chi connectivity index (χ0v) is 28.6. The van der Waals surface area contributed by atoms with E-state index in [9.17, 15) is 20.1 Å². The first-order chi connectivity index (χ1) is 20.4. The van der Waals surface area contributed by atoms with Gasteiger partial charge in [-0.15, -0.1) is 0 Å². The molecule has 44 heavy (non-hydrogen) atoms. The van der Waals surface area contributed by atoms with Crippen LogP contribution in [0, 0.1) is 28.1 Å². The summed E-state index contributed by atoms with van der Waals surface area (Å²) >= 11 is 0. The SMILES string of the molecule is CC(C#CC1=C(C)CC(O)CC1(C)C)=CC=CC(C)=CC=CC=C(C)C=CC=C(C)C(O)=CC(=O)C1(C)CC(O)CC1(C)C. The molecule has 2 aliphatic carbocycles. The molecular formula is C40H54O4. The van der Waals surface area contributed by atoms with Crippen LogP contribution in [0.15, 0.2) is 106 Å². The number of hydrogen-bond acceptors (Lipinski definition) is 4. The standard InChI is InChI=1S/C40H54O4/c1-28(17-13-18-30(3)21-22-35-32(5)23-33(41)25-38(35,6)7)15-11-12-16-29(2)19-14-20-31(4)36(43)24-37(44)40(10)27-34(42)26-39(40,8)9/h11-20,24,33-34,41-43H,23,25-27H2,1-10H3. The van der Waals surface area contributed by atoms with E-state index < -0.39 is 11.5 Å². The van der Waals surface area contributed by atoms with Crippen LogP contribution in [0.3, 0.4) is 0 Å². The van der Waals surface area contributed by atoms with Gasteiger partial charge in [0.15, 0.2) is 5.78 Å². The van der Waals surface area contributed by atoms with Gasteiger partial charge >= 0.3 is 0 Å². The topological polar surface area (TPSA) is 77.8 Å². The third kappa shape index (κ3) is 10.4. The van der Waals surface area contributed by atoms with Gasteiger partial charge in [-0.05, 0) is 76.9 Å². The van der Waals surface area contributed by atoms with Crippen LogP contribution in [0.4, 0.5) is 0 Å². The molecule has 0 bridgehead atoms. The molecule has 3 unspecified atom stereocenters. The Hall–Kier alpha value is -3.39. The van der Waals surface area contributed by atoms with Gasteiger partial charge in [0, 0.05) is 22.5 Å². The second-order valence-electron chi connectivity index (χ2n) is 14.1. The summed E-state index contributed by atoms with van der Waals surface area (Å²) in [5.74, 6) is 6.43. The first kappa shape index (κ1) is 36.8. The largest absolute Gasteiger partial charge is 0.508 e. The molecule has 3 atom stereocenters. The molecule has 0 amide bonds. The monoisotopic (exact) mass is 598 g/mol. The molecule has 0 radical (unpaired) electrons. The maximum Gasteiger partial charge on any atom is 0.165 e. The molecule has 0 aromatic rings. The number of carbonyl (C=O) groups excluding carboxylic acids is 1.